The first-order valence-corrected chi connectivity index (χ1v) is 7.67. The van der Waals surface area contributed by atoms with E-state index >= 15 is 0 Å². The van der Waals surface area contributed by atoms with Gasteiger partial charge in [-0.25, -0.2) is 4.68 Å². The lowest BCUT2D eigenvalue weighted by molar-refractivity contribution is 0.419. The molecule has 0 radical (unpaired) electrons. The molecule has 1 aromatic carbocycles. The molecule has 21 heavy (non-hydrogen) atoms. The van der Waals surface area contributed by atoms with Gasteiger partial charge in [-0.05, 0) is 25.3 Å². The largest absolute Gasteiger partial charge is 0.243 e. The molecular weight excluding hydrogens is 260 g/mol. The minimum atomic E-state index is 0.439. The van der Waals surface area contributed by atoms with E-state index in [0.29, 0.717) is 18.2 Å². The normalized spacial score (nSPS) is 15.8. The smallest absolute Gasteiger partial charge is 0.186 e. The lowest BCUT2D eigenvalue weighted by atomic mass is 9.86. The number of nitrogens with zero attached hydrogens (tertiary/aromatic N) is 4. The topological polar surface area (TPSA) is 54.5 Å². The van der Waals surface area contributed by atoms with Gasteiger partial charge in [-0.15, -0.1) is 5.10 Å². The van der Waals surface area contributed by atoms with Crippen LogP contribution in [0.25, 0.3) is 0 Å². The highest BCUT2D eigenvalue weighted by Crippen LogP contribution is 2.33. The number of aromatic nitrogens is 3. The Balaban J connectivity index is 1.89. The van der Waals surface area contributed by atoms with Crippen LogP contribution in [-0.4, -0.2) is 15.0 Å². The molecule has 108 valence electrons. The molecule has 3 rings (SSSR count). The molecule has 1 saturated carbocycles. The summed E-state index contributed by atoms with van der Waals surface area (Å²) in [5.41, 5.74) is 4.00. The third-order valence-corrected chi connectivity index (χ3v) is 4.32. The maximum absolute atomic E-state index is 9.30. The molecule has 2 aromatic rings. The van der Waals surface area contributed by atoms with Crippen LogP contribution in [0.3, 0.4) is 0 Å². The fourth-order valence-electron chi connectivity index (χ4n) is 3.16. The van der Waals surface area contributed by atoms with Crippen molar-refractivity contribution in [3.63, 3.8) is 0 Å². The van der Waals surface area contributed by atoms with Gasteiger partial charge in [0.05, 0.1) is 12.2 Å². The van der Waals surface area contributed by atoms with E-state index in [1.165, 1.54) is 30.4 Å². The molecule has 1 aliphatic rings. The van der Waals surface area contributed by atoms with Crippen LogP contribution in [-0.2, 0) is 6.54 Å². The second-order valence-electron chi connectivity index (χ2n) is 5.91. The van der Waals surface area contributed by atoms with Gasteiger partial charge in [-0.3, -0.25) is 0 Å². The molecule has 4 nitrogen and oxygen atoms in total. The Hall–Kier alpha value is -2.15. The zero-order valence-corrected chi connectivity index (χ0v) is 12.4. The van der Waals surface area contributed by atoms with E-state index in [-0.39, 0.29) is 0 Å². The maximum atomic E-state index is 9.30. The number of rotatable bonds is 3. The SMILES string of the molecule is Cc1ccc(Cn2nnc(C#N)c2C2CCCCC2)cc1. The fraction of sp³-hybridized carbons (Fsp3) is 0.471. The Morgan fingerprint density at radius 3 is 2.57 bits per heavy atom. The summed E-state index contributed by atoms with van der Waals surface area (Å²) in [6.07, 6.45) is 6.08. The van der Waals surface area contributed by atoms with E-state index in [1.807, 2.05) is 4.68 Å². The molecule has 0 saturated heterocycles. The van der Waals surface area contributed by atoms with Crippen molar-refractivity contribution in [3.05, 3.63) is 46.8 Å². The molecular formula is C17H20N4. The summed E-state index contributed by atoms with van der Waals surface area (Å²) < 4.78 is 1.93. The van der Waals surface area contributed by atoms with Crippen LogP contribution in [0, 0.1) is 18.3 Å². The third kappa shape index (κ3) is 2.97. The molecule has 4 heteroatoms. The molecule has 0 N–H and O–H groups in total. The zero-order valence-electron chi connectivity index (χ0n) is 12.4. The second-order valence-corrected chi connectivity index (χ2v) is 5.91. The van der Waals surface area contributed by atoms with Crippen LogP contribution in [0.2, 0.25) is 0 Å². The molecule has 0 aliphatic heterocycles. The fourth-order valence-corrected chi connectivity index (χ4v) is 3.16. The quantitative estimate of drug-likeness (QED) is 0.864. The van der Waals surface area contributed by atoms with Crippen molar-refractivity contribution >= 4 is 0 Å². The summed E-state index contributed by atoms with van der Waals surface area (Å²) >= 11 is 0. The van der Waals surface area contributed by atoms with Crippen molar-refractivity contribution in [1.29, 1.82) is 5.26 Å². The van der Waals surface area contributed by atoms with Crippen LogP contribution < -0.4 is 0 Å². The van der Waals surface area contributed by atoms with Gasteiger partial charge in [0.2, 0.25) is 0 Å². The van der Waals surface area contributed by atoms with Crippen molar-refractivity contribution in [2.75, 3.05) is 0 Å². The Morgan fingerprint density at radius 2 is 1.90 bits per heavy atom. The average Bonchev–Trinajstić information content (AvgIpc) is 2.93. The molecule has 0 bridgehead atoms. The summed E-state index contributed by atoms with van der Waals surface area (Å²) in [7, 11) is 0. The van der Waals surface area contributed by atoms with E-state index in [0.717, 1.165) is 18.5 Å². The van der Waals surface area contributed by atoms with Crippen molar-refractivity contribution in [2.45, 2.75) is 51.5 Å². The van der Waals surface area contributed by atoms with Crippen molar-refractivity contribution < 1.29 is 0 Å². The maximum Gasteiger partial charge on any atom is 0.186 e. The number of nitriles is 1. The summed E-state index contributed by atoms with van der Waals surface area (Å²) in [4.78, 5) is 0. The van der Waals surface area contributed by atoms with Crippen LogP contribution in [0.15, 0.2) is 24.3 Å². The molecule has 1 aliphatic carbocycles. The van der Waals surface area contributed by atoms with Gasteiger partial charge in [0.15, 0.2) is 5.69 Å². The van der Waals surface area contributed by atoms with E-state index in [2.05, 4.69) is 47.6 Å². The van der Waals surface area contributed by atoms with Gasteiger partial charge in [0, 0.05) is 5.92 Å². The molecule has 1 heterocycles. The van der Waals surface area contributed by atoms with Crippen LogP contribution in [0.4, 0.5) is 0 Å². The Bertz CT molecular complexity index is 642. The molecule has 1 fully saturated rings. The Morgan fingerprint density at radius 1 is 1.19 bits per heavy atom. The van der Waals surface area contributed by atoms with Gasteiger partial charge < -0.3 is 0 Å². The van der Waals surface area contributed by atoms with E-state index < -0.39 is 0 Å². The lowest BCUT2D eigenvalue weighted by Gasteiger charge is -2.22. The predicted octanol–water partition coefficient (Wildman–Crippen LogP) is 3.55. The van der Waals surface area contributed by atoms with Gasteiger partial charge >= 0.3 is 0 Å². The summed E-state index contributed by atoms with van der Waals surface area (Å²) in [6.45, 7) is 2.78. The summed E-state index contributed by atoms with van der Waals surface area (Å²) in [5.74, 6) is 0.439. The van der Waals surface area contributed by atoms with Gasteiger partial charge in [-0.2, -0.15) is 5.26 Å². The standard InChI is InChI=1S/C17H20N4/c1-13-7-9-14(10-8-13)12-21-17(16(11-18)19-20-21)15-5-3-2-4-6-15/h7-10,15H,2-6,12H2,1H3. The van der Waals surface area contributed by atoms with Crippen molar-refractivity contribution in [3.8, 4) is 6.07 Å². The lowest BCUT2D eigenvalue weighted by Crippen LogP contribution is -2.14. The van der Waals surface area contributed by atoms with E-state index in [9.17, 15) is 5.26 Å². The number of aryl methyl sites for hydroxylation is 1. The summed E-state index contributed by atoms with van der Waals surface area (Å²) in [6, 6.07) is 10.7. The number of hydrogen-bond donors (Lipinski definition) is 0. The minimum Gasteiger partial charge on any atom is -0.243 e. The first kappa shape index (κ1) is 13.8. The van der Waals surface area contributed by atoms with Crippen LogP contribution in [0.1, 0.15) is 60.5 Å². The average molecular weight is 280 g/mol. The van der Waals surface area contributed by atoms with Crippen LogP contribution >= 0.6 is 0 Å². The van der Waals surface area contributed by atoms with Crippen molar-refractivity contribution in [2.24, 2.45) is 0 Å². The van der Waals surface area contributed by atoms with E-state index in [1.54, 1.807) is 0 Å². The molecule has 1 aromatic heterocycles. The summed E-state index contributed by atoms with van der Waals surface area (Å²) in [5, 5.41) is 17.6. The van der Waals surface area contributed by atoms with Gasteiger partial charge in [0.25, 0.3) is 0 Å². The monoisotopic (exact) mass is 280 g/mol. The molecule has 0 amide bonds. The first-order valence-electron chi connectivity index (χ1n) is 7.67. The zero-order chi connectivity index (χ0) is 14.7. The molecule has 0 atom stereocenters. The predicted molar refractivity (Wildman–Crippen MR) is 80.8 cm³/mol. The highest BCUT2D eigenvalue weighted by Gasteiger charge is 2.24. The molecule has 0 unspecified atom stereocenters. The first-order chi connectivity index (χ1) is 10.3. The van der Waals surface area contributed by atoms with Crippen molar-refractivity contribution in [1.82, 2.24) is 15.0 Å². The minimum absolute atomic E-state index is 0.439. The number of benzene rings is 1. The van der Waals surface area contributed by atoms with E-state index in [4.69, 9.17) is 0 Å². The highest BCUT2D eigenvalue weighted by molar-refractivity contribution is 5.29. The third-order valence-electron chi connectivity index (χ3n) is 4.32. The molecule has 0 spiro atoms. The number of hydrogen-bond acceptors (Lipinski definition) is 3. The highest BCUT2D eigenvalue weighted by atomic mass is 15.4. The van der Waals surface area contributed by atoms with Gasteiger partial charge in [-0.1, -0.05) is 54.3 Å². The Labute approximate surface area is 125 Å². The Kier molecular flexibility index (Phi) is 4.01. The van der Waals surface area contributed by atoms with Gasteiger partial charge in [0.1, 0.15) is 6.07 Å². The second kappa shape index (κ2) is 6.09. The van der Waals surface area contributed by atoms with Crippen LogP contribution in [0.5, 0.6) is 0 Å².